The van der Waals surface area contributed by atoms with E-state index in [0.717, 1.165) is 4.47 Å². The Hall–Kier alpha value is -2.35. The number of carbonyl (C=O) groups is 3. The summed E-state index contributed by atoms with van der Waals surface area (Å²) in [5, 5.41) is 4.24. The topological polar surface area (TPSA) is 93.7 Å². The highest BCUT2D eigenvalue weighted by molar-refractivity contribution is 9.10. The number of esters is 1. The summed E-state index contributed by atoms with van der Waals surface area (Å²) >= 11 is 3.33. The van der Waals surface area contributed by atoms with Crippen LogP contribution in [-0.4, -0.2) is 38.2 Å². The molecule has 8 heteroatoms. The maximum Gasteiger partial charge on any atom is 0.331 e. The fourth-order valence-corrected chi connectivity index (χ4v) is 1.92. The highest BCUT2D eigenvalue weighted by atomic mass is 79.9. The Bertz CT molecular complexity index is 630. The minimum absolute atomic E-state index is 0.586. The van der Waals surface area contributed by atoms with Crippen LogP contribution < -0.4 is 15.4 Å². The summed E-state index contributed by atoms with van der Waals surface area (Å²) in [5.41, 5.74) is 0.668. The van der Waals surface area contributed by atoms with E-state index < -0.39 is 24.0 Å². The molecule has 124 valence electrons. The van der Waals surface area contributed by atoms with Gasteiger partial charge in [-0.2, -0.15) is 0 Å². The molecule has 0 fully saturated rings. The third-order valence-electron chi connectivity index (χ3n) is 2.72. The molecule has 0 radical (unpaired) electrons. The Morgan fingerprint density at radius 3 is 2.61 bits per heavy atom. The predicted octanol–water partition coefficient (Wildman–Crippen LogP) is 1.86. The normalized spacial score (nSPS) is 11.7. The van der Waals surface area contributed by atoms with Crippen molar-refractivity contribution in [1.29, 1.82) is 0 Å². The van der Waals surface area contributed by atoms with Gasteiger partial charge in [-0.15, -0.1) is 0 Å². The molecule has 7 nitrogen and oxygen atoms in total. The Kier molecular flexibility index (Phi) is 7.27. The number of benzene rings is 1. The van der Waals surface area contributed by atoms with Crippen LogP contribution >= 0.6 is 15.9 Å². The summed E-state index contributed by atoms with van der Waals surface area (Å²) in [5.74, 6) is -0.847. The second-order valence-corrected chi connectivity index (χ2v) is 5.28. The molecule has 0 aliphatic carbocycles. The van der Waals surface area contributed by atoms with Crippen LogP contribution in [-0.2, 0) is 14.3 Å². The maximum atomic E-state index is 11.7. The van der Waals surface area contributed by atoms with E-state index in [1.165, 1.54) is 33.2 Å². The highest BCUT2D eigenvalue weighted by Crippen LogP contribution is 2.24. The Labute approximate surface area is 142 Å². The van der Waals surface area contributed by atoms with E-state index in [1.54, 1.807) is 18.2 Å². The molecule has 0 aliphatic heterocycles. The van der Waals surface area contributed by atoms with Crippen molar-refractivity contribution >= 4 is 39.9 Å². The molecule has 0 unspecified atom stereocenters. The Morgan fingerprint density at radius 2 is 2.00 bits per heavy atom. The average Bonchev–Trinajstić information content (AvgIpc) is 2.52. The van der Waals surface area contributed by atoms with E-state index in [2.05, 4.69) is 21.2 Å². The van der Waals surface area contributed by atoms with E-state index in [9.17, 15) is 14.4 Å². The van der Waals surface area contributed by atoms with Gasteiger partial charge < -0.3 is 14.8 Å². The largest absolute Gasteiger partial charge is 0.496 e. The molecule has 0 bridgehead atoms. The summed E-state index contributed by atoms with van der Waals surface area (Å²) in [6, 6.07) is 4.64. The standard InChI is InChI=1S/C15H17BrN2O5/c1-9(14(20)18-15(21)17-2)23-13(19)7-4-10-8-11(16)5-6-12(10)22-3/h4-9H,1-3H3,(H2,17,18,20,21)/b7-4+/t9-/m0/s1. The lowest BCUT2D eigenvalue weighted by Gasteiger charge is -2.11. The molecule has 1 aromatic carbocycles. The van der Waals surface area contributed by atoms with Gasteiger partial charge in [0, 0.05) is 23.2 Å². The molecule has 1 atom stereocenters. The van der Waals surface area contributed by atoms with Crippen molar-refractivity contribution in [3.63, 3.8) is 0 Å². The number of nitrogens with one attached hydrogen (secondary N) is 2. The van der Waals surface area contributed by atoms with Gasteiger partial charge in [0.05, 0.1) is 7.11 Å². The number of ether oxygens (including phenoxy) is 2. The number of amides is 3. The van der Waals surface area contributed by atoms with Gasteiger partial charge in [-0.3, -0.25) is 10.1 Å². The summed E-state index contributed by atoms with van der Waals surface area (Å²) in [6.07, 6.45) is 1.58. The summed E-state index contributed by atoms with van der Waals surface area (Å²) in [7, 11) is 2.89. The fraction of sp³-hybridized carbons (Fsp3) is 0.267. The number of carbonyl (C=O) groups excluding carboxylic acids is 3. The molecule has 0 saturated heterocycles. The number of methoxy groups -OCH3 is 1. The summed E-state index contributed by atoms with van der Waals surface area (Å²) in [4.78, 5) is 34.3. The van der Waals surface area contributed by atoms with Crippen molar-refractivity contribution < 1.29 is 23.9 Å². The molecule has 23 heavy (non-hydrogen) atoms. The highest BCUT2D eigenvalue weighted by Gasteiger charge is 2.18. The van der Waals surface area contributed by atoms with Crippen LogP contribution in [0.25, 0.3) is 6.08 Å². The van der Waals surface area contributed by atoms with Gasteiger partial charge in [-0.25, -0.2) is 9.59 Å². The molecule has 3 amide bonds. The zero-order valence-corrected chi connectivity index (χ0v) is 14.5. The second kappa shape index (κ2) is 8.94. The van der Waals surface area contributed by atoms with E-state index in [0.29, 0.717) is 11.3 Å². The number of rotatable bonds is 5. The average molecular weight is 385 g/mol. The van der Waals surface area contributed by atoms with Crippen LogP contribution in [0.3, 0.4) is 0 Å². The molecule has 0 saturated carbocycles. The lowest BCUT2D eigenvalue weighted by Crippen LogP contribution is -2.43. The number of hydrogen-bond acceptors (Lipinski definition) is 5. The number of hydrogen-bond donors (Lipinski definition) is 2. The lowest BCUT2D eigenvalue weighted by atomic mass is 10.2. The quantitative estimate of drug-likeness (QED) is 0.596. The van der Waals surface area contributed by atoms with Crippen molar-refractivity contribution in [2.75, 3.05) is 14.2 Å². The van der Waals surface area contributed by atoms with Crippen molar-refractivity contribution in [3.8, 4) is 5.75 Å². The number of halogens is 1. The van der Waals surface area contributed by atoms with Gasteiger partial charge in [-0.1, -0.05) is 15.9 Å². The van der Waals surface area contributed by atoms with E-state index in [1.807, 2.05) is 5.32 Å². The van der Waals surface area contributed by atoms with Gasteiger partial charge in [0.1, 0.15) is 5.75 Å². The van der Waals surface area contributed by atoms with Gasteiger partial charge in [0.2, 0.25) is 0 Å². The molecule has 0 aliphatic rings. The molecular weight excluding hydrogens is 368 g/mol. The second-order valence-electron chi connectivity index (χ2n) is 4.37. The first kappa shape index (κ1) is 18.7. The van der Waals surface area contributed by atoms with Crippen LogP contribution in [0.15, 0.2) is 28.7 Å². The minimum atomic E-state index is -1.10. The van der Waals surface area contributed by atoms with Gasteiger partial charge in [0.15, 0.2) is 6.10 Å². The first-order valence-corrected chi connectivity index (χ1v) is 7.41. The molecule has 0 heterocycles. The van der Waals surface area contributed by atoms with Crippen LogP contribution in [0.5, 0.6) is 5.75 Å². The van der Waals surface area contributed by atoms with Crippen LogP contribution in [0.2, 0.25) is 0 Å². The Morgan fingerprint density at radius 1 is 1.30 bits per heavy atom. The van der Waals surface area contributed by atoms with Crippen LogP contribution in [0, 0.1) is 0 Å². The van der Waals surface area contributed by atoms with E-state index >= 15 is 0 Å². The molecule has 0 spiro atoms. The lowest BCUT2D eigenvalue weighted by molar-refractivity contribution is -0.149. The molecule has 1 aromatic rings. The number of imide groups is 1. The van der Waals surface area contributed by atoms with Gasteiger partial charge >= 0.3 is 12.0 Å². The van der Waals surface area contributed by atoms with Crippen molar-refractivity contribution in [2.24, 2.45) is 0 Å². The molecular formula is C15H17BrN2O5. The van der Waals surface area contributed by atoms with E-state index in [-0.39, 0.29) is 0 Å². The first-order chi connectivity index (χ1) is 10.9. The number of urea groups is 1. The van der Waals surface area contributed by atoms with Crippen molar-refractivity contribution in [1.82, 2.24) is 10.6 Å². The summed E-state index contributed by atoms with van der Waals surface area (Å²) < 4.78 is 10.9. The smallest absolute Gasteiger partial charge is 0.331 e. The predicted molar refractivity (Wildman–Crippen MR) is 87.9 cm³/mol. The van der Waals surface area contributed by atoms with Crippen LogP contribution in [0.1, 0.15) is 12.5 Å². The molecule has 2 N–H and O–H groups in total. The third kappa shape index (κ3) is 6.11. The van der Waals surface area contributed by atoms with E-state index in [4.69, 9.17) is 9.47 Å². The summed E-state index contributed by atoms with van der Waals surface area (Å²) in [6.45, 7) is 1.36. The monoisotopic (exact) mass is 384 g/mol. The maximum absolute atomic E-state index is 11.7. The zero-order chi connectivity index (χ0) is 17.4. The van der Waals surface area contributed by atoms with Crippen molar-refractivity contribution in [3.05, 3.63) is 34.3 Å². The minimum Gasteiger partial charge on any atom is -0.496 e. The fourth-order valence-electron chi connectivity index (χ4n) is 1.54. The third-order valence-corrected chi connectivity index (χ3v) is 3.21. The zero-order valence-electron chi connectivity index (χ0n) is 12.9. The SMILES string of the molecule is CNC(=O)NC(=O)[C@H](C)OC(=O)/C=C/c1cc(Br)ccc1OC. The first-order valence-electron chi connectivity index (χ1n) is 6.62. The van der Waals surface area contributed by atoms with Crippen molar-refractivity contribution in [2.45, 2.75) is 13.0 Å². The van der Waals surface area contributed by atoms with Gasteiger partial charge in [0.25, 0.3) is 5.91 Å². The molecule has 1 rings (SSSR count). The van der Waals surface area contributed by atoms with Gasteiger partial charge in [-0.05, 0) is 31.2 Å². The van der Waals surface area contributed by atoms with Crippen LogP contribution in [0.4, 0.5) is 4.79 Å². The molecule has 0 aromatic heterocycles. The Balaban J connectivity index is 2.67.